The van der Waals surface area contributed by atoms with Crippen molar-refractivity contribution in [2.24, 2.45) is 0 Å². The SMILES string of the molecule is [CH2-]CCC(=S)N(C)O.[Zn]. The van der Waals surface area contributed by atoms with E-state index in [0.29, 0.717) is 11.4 Å². The zero-order valence-electron chi connectivity index (χ0n) is 5.63. The fraction of sp³-hybridized carbons (Fsp3) is 0.600. The summed E-state index contributed by atoms with van der Waals surface area (Å²) in [4.78, 5) is 0.542. The Balaban J connectivity index is 0. The number of thiocarbonyl (C=S) groups is 1. The standard InChI is InChI=1S/C5H10NOS.Zn/c1-3-4-5(8)6(2)7;/h7H,1,3-4H2,2H3;/q-1;. The second-order valence-corrected chi connectivity index (χ2v) is 1.99. The van der Waals surface area contributed by atoms with E-state index in [1.54, 1.807) is 0 Å². The van der Waals surface area contributed by atoms with Gasteiger partial charge in [0.2, 0.25) is 0 Å². The smallest absolute Gasteiger partial charge is 0.100 e. The molecular formula is C5H10NOSZn-. The third kappa shape index (κ3) is 6.36. The molecule has 0 aromatic heterocycles. The van der Waals surface area contributed by atoms with Crippen LogP contribution in [0.3, 0.4) is 0 Å². The van der Waals surface area contributed by atoms with Gasteiger partial charge in [-0.25, -0.2) is 0 Å². The molecule has 0 amide bonds. The van der Waals surface area contributed by atoms with Gasteiger partial charge in [0.15, 0.2) is 0 Å². The van der Waals surface area contributed by atoms with Crippen molar-refractivity contribution in [3.05, 3.63) is 6.92 Å². The molecular weight excluding hydrogens is 188 g/mol. The maximum atomic E-state index is 8.62. The van der Waals surface area contributed by atoms with Gasteiger partial charge in [-0.15, -0.1) is 0 Å². The molecule has 0 bridgehead atoms. The molecule has 0 aliphatic carbocycles. The molecule has 0 aliphatic rings. The van der Waals surface area contributed by atoms with Crippen LogP contribution in [0.4, 0.5) is 0 Å². The minimum Gasteiger partial charge on any atom is -0.343 e. The summed E-state index contributed by atoms with van der Waals surface area (Å²) in [5.74, 6) is 0. The number of nitrogens with zero attached hydrogens (tertiary/aromatic N) is 1. The molecule has 0 atom stereocenters. The zero-order valence-corrected chi connectivity index (χ0v) is 9.41. The van der Waals surface area contributed by atoms with Gasteiger partial charge in [0.05, 0.1) is 0 Å². The zero-order chi connectivity index (χ0) is 6.57. The molecule has 0 aromatic carbocycles. The van der Waals surface area contributed by atoms with Gasteiger partial charge in [-0.1, -0.05) is 12.2 Å². The topological polar surface area (TPSA) is 23.5 Å². The first-order valence-electron chi connectivity index (χ1n) is 2.43. The summed E-state index contributed by atoms with van der Waals surface area (Å²) < 4.78 is 0. The molecule has 0 fully saturated rings. The Morgan fingerprint density at radius 2 is 2.22 bits per heavy atom. The predicted octanol–water partition coefficient (Wildman–Crippen LogP) is 1.25. The van der Waals surface area contributed by atoms with E-state index < -0.39 is 0 Å². The van der Waals surface area contributed by atoms with Crippen molar-refractivity contribution in [1.29, 1.82) is 0 Å². The van der Waals surface area contributed by atoms with Gasteiger partial charge in [0, 0.05) is 26.5 Å². The van der Waals surface area contributed by atoms with Crippen LogP contribution in [0.5, 0.6) is 0 Å². The van der Waals surface area contributed by atoms with Crippen molar-refractivity contribution in [3.63, 3.8) is 0 Å². The molecule has 0 rings (SSSR count). The van der Waals surface area contributed by atoms with Crippen LogP contribution in [0, 0.1) is 6.92 Å². The van der Waals surface area contributed by atoms with Crippen molar-refractivity contribution in [1.82, 2.24) is 5.06 Å². The van der Waals surface area contributed by atoms with Crippen LogP contribution < -0.4 is 0 Å². The molecule has 0 spiro atoms. The van der Waals surface area contributed by atoms with E-state index >= 15 is 0 Å². The first kappa shape index (κ1) is 12.2. The number of hydrogen-bond donors (Lipinski definition) is 1. The number of rotatable bonds is 2. The summed E-state index contributed by atoms with van der Waals surface area (Å²) in [7, 11) is 1.51. The minimum atomic E-state index is 0. The van der Waals surface area contributed by atoms with E-state index in [9.17, 15) is 0 Å². The van der Waals surface area contributed by atoms with Crippen LogP contribution in [-0.2, 0) is 19.5 Å². The predicted molar refractivity (Wildman–Crippen MR) is 36.7 cm³/mol. The number of hydroxylamine groups is 2. The average Bonchev–Trinajstić information content (AvgIpc) is 1.67. The van der Waals surface area contributed by atoms with Crippen LogP contribution >= 0.6 is 12.2 Å². The minimum absolute atomic E-state index is 0. The molecule has 0 aromatic rings. The van der Waals surface area contributed by atoms with E-state index in [-0.39, 0.29) is 19.5 Å². The molecule has 0 saturated carbocycles. The maximum Gasteiger partial charge on any atom is 0.100 e. The maximum absolute atomic E-state index is 8.62. The van der Waals surface area contributed by atoms with Gasteiger partial charge in [0.1, 0.15) is 4.99 Å². The molecule has 1 N–H and O–H groups in total. The fourth-order valence-electron chi connectivity index (χ4n) is 0.313. The largest absolute Gasteiger partial charge is 0.343 e. The van der Waals surface area contributed by atoms with E-state index in [4.69, 9.17) is 17.4 Å². The second-order valence-electron chi connectivity index (χ2n) is 1.52. The van der Waals surface area contributed by atoms with E-state index in [1.807, 2.05) is 0 Å². The Morgan fingerprint density at radius 3 is 2.33 bits per heavy atom. The molecule has 0 radical (unpaired) electrons. The Morgan fingerprint density at radius 1 is 1.78 bits per heavy atom. The van der Waals surface area contributed by atoms with Crippen molar-refractivity contribution < 1.29 is 24.7 Å². The first-order chi connectivity index (χ1) is 3.68. The molecule has 4 heteroatoms. The quantitative estimate of drug-likeness (QED) is 0.312. The van der Waals surface area contributed by atoms with E-state index in [1.165, 1.54) is 7.05 Å². The average molecular weight is 198 g/mol. The third-order valence-corrected chi connectivity index (χ3v) is 1.22. The van der Waals surface area contributed by atoms with Gasteiger partial charge >= 0.3 is 0 Å². The normalized spacial score (nSPS) is 7.89. The molecule has 0 heterocycles. The monoisotopic (exact) mass is 196 g/mol. The molecule has 50 valence electrons. The molecule has 9 heavy (non-hydrogen) atoms. The van der Waals surface area contributed by atoms with Crippen molar-refractivity contribution in [3.8, 4) is 0 Å². The molecule has 2 nitrogen and oxygen atoms in total. The summed E-state index contributed by atoms with van der Waals surface area (Å²) >= 11 is 4.71. The summed E-state index contributed by atoms with van der Waals surface area (Å²) in [5, 5.41) is 9.56. The van der Waals surface area contributed by atoms with Gasteiger partial charge in [0.25, 0.3) is 0 Å². The van der Waals surface area contributed by atoms with Crippen LogP contribution in [-0.4, -0.2) is 22.3 Å². The van der Waals surface area contributed by atoms with Gasteiger partial charge in [-0.05, 0) is 6.42 Å². The summed E-state index contributed by atoms with van der Waals surface area (Å²) in [6.45, 7) is 3.58. The van der Waals surface area contributed by atoms with Crippen molar-refractivity contribution in [2.45, 2.75) is 12.8 Å². The Labute approximate surface area is 73.9 Å². The van der Waals surface area contributed by atoms with Crippen LogP contribution in [0.2, 0.25) is 0 Å². The van der Waals surface area contributed by atoms with Crippen molar-refractivity contribution in [2.75, 3.05) is 7.05 Å². The van der Waals surface area contributed by atoms with Gasteiger partial charge < -0.3 is 6.92 Å². The first-order valence-corrected chi connectivity index (χ1v) is 2.84. The van der Waals surface area contributed by atoms with Gasteiger partial charge in [-0.2, -0.15) is 6.42 Å². The van der Waals surface area contributed by atoms with Gasteiger partial charge in [-0.3, -0.25) is 10.3 Å². The summed E-state index contributed by atoms with van der Waals surface area (Å²) in [5.41, 5.74) is 0. The molecule has 0 saturated heterocycles. The van der Waals surface area contributed by atoms with E-state index in [0.717, 1.165) is 11.5 Å². The Hall–Kier alpha value is 0.473. The van der Waals surface area contributed by atoms with Crippen LogP contribution in [0.25, 0.3) is 0 Å². The number of hydrogen-bond acceptors (Lipinski definition) is 2. The van der Waals surface area contributed by atoms with Crippen molar-refractivity contribution >= 4 is 17.2 Å². The summed E-state index contributed by atoms with van der Waals surface area (Å²) in [6, 6.07) is 0. The van der Waals surface area contributed by atoms with Crippen LogP contribution in [0.15, 0.2) is 0 Å². The van der Waals surface area contributed by atoms with E-state index in [2.05, 4.69) is 6.92 Å². The molecule has 0 unspecified atom stereocenters. The molecule has 0 aliphatic heterocycles. The summed E-state index contributed by atoms with van der Waals surface area (Å²) in [6.07, 6.45) is 1.42. The Bertz CT molecular complexity index is 87.0. The van der Waals surface area contributed by atoms with Crippen LogP contribution in [0.1, 0.15) is 12.8 Å². The second kappa shape index (κ2) is 6.59. The third-order valence-electron chi connectivity index (χ3n) is 0.752. The fourth-order valence-corrected chi connectivity index (χ4v) is 0.457. The Kier molecular flexibility index (Phi) is 8.92.